The van der Waals surface area contributed by atoms with Gasteiger partial charge in [0.2, 0.25) is 0 Å². The second kappa shape index (κ2) is 6.74. The molecular weight excluding hydrogens is 316 g/mol. The molecular formula is C15H22N4O3S. The van der Waals surface area contributed by atoms with Crippen LogP contribution in [-0.2, 0) is 16.4 Å². The van der Waals surface area contributed by atoms with E-state index in [0.717, 1.165) is 24.5 Å². The van der Waals surface area contributed by atoms with Gasteiger partial charge in [0, 0.05) is 31.9 Å². The van der Waals surface area contributed by atoms with Crippen LogP contribution in [0.4, 0.5) is 10.6 Å². The highest BCUT2D eigenvalue weighted by Gasteiger charge is 2.28. The fraction of sp³-hybridized carbons (Fsp3) is 0.600. The van der Waals surface area contributed by atoms with Crippen molar-refractivity contribution in [3.05, 3.63) is 23.9 Å². The third-order valence-electron chi connectivity index (χ3n) is 4.26. The normalized spacial score (nSPS) is 23.0. The van der Waals surface area contributed by atoms with Crippen molar-refractivity contribution in [3.8, 4) is 0 Å². The predicted molar refractivity (Wildman–Crippen MR) is 88.1 cm³/mol. The van der Waals surface area contributed by atoms with Crippen LogP contribution in [0.1, 0.15) is 24.8 Å². The molecule has 0 unspecified atom stereocenters. The summed E-state index contributed by atoms with van der Waals surface area (Å²) >= 11 is 0. The summed E-state index contributed by atoms with van der Waals surface area (Å²) < 4.78 is 22.7. The summed E-state index contributed by atoms with van der Waals surface area (Å²) in [5.41, 5.74) is 0.919. The van der Waals surface area contributed by atoms with Gasteiger partial charge in [0.15, 0.2) is 9.84 Å². The molecule has 2 saturated heterocycles. The van der Waals surface area contributed by atoms with Crippen molar-refractivity contribution < 1.29 is 13.2 Å². The van der Waals surface area contributed by atoms with Crippen LogP contribution in [0.2, 0.25) is 0 Å². The van der Waals surface area contributed by atoms with Gasteiger partial charge in [0.1, 0.15) is 5.82 Å². The topological polar surface area (TPSA) is 91.4 Å². The second-order valence-corrected chi connectivity index (χ2v) is 8.37. The first-order valence-electron chi connectivity index (χ1n) is 7.96. The molecule has 0 aliphatic carbocycles. The standard InChI is InChI=1S/C15H22N4O3S/c20-15(18-13-5-8-23(21,22)11-13)17-10-12-3-4-14(16-9-12)19-6-1-2-7-19/h3-4,9,13H,1-2,5-8,10-11H2,(H2,17,18,20)/t13-/m0/s1. The average Bonchev–Trinajstić information content (AvgIpc) is 3.15. The Bertz CT molecular complexity index is 654. The molecule has 0 bridgehead atoms. The lowest BCUT2D eigenvalue weighted by atomic mass is 10.2. The monoisotopic (exact) mass is 338 g/mol. The van der Waals surface area contributed by atoms with E-state index >= 15 is 0 Å². The third kappa shape index (κ3) is 4.34. The molecule has 0 spiro atoms. The molecule has 2 fully saturated rings. The van der Waals surface area contributed by atoms with Crippen molar-refractivity contribution in [1.82, 2.24) is 15.6 Å². The number of pyridine rings is 1. The van der Waals surface area contributed by atoms with Crippen LogP contribution in [0.5, 0.6) is 0 Å². The van der Waals surface area contributed by atoms with Crippen molar-refractivity contribution in [2.75, 3.05) is 29.5 Å². The minimum Gasteiger partial charge on any atom is -0.357 e. The first-order chi connectivity index (χ1) is 11.0. The summed E-state index contributed by atoms with van der Waals surface area (Å²) in [6.07, 6.45) is 4.68. The van der Waals surface area contributed by atoms with Gasteiger partial charge >= 0.3 is 6.03 Å². The number of aromatic nitrogens is 1. The minimum absolute atomic E-state index is 0.0342. The molecule has 2 amide bonds. The Morgan fingerprint density at radius 2 is 2.09 bits per heavy atom. The van der Waals surface area contributed by atoms with E-state index in [1.165, 1.54) is 12.8 Å². The molecule has 2 aliphatic heterocycles. The SMILES string of the molecule is O=C(NCc1ccc(N2CCCC2)nc1)N[C@H]1CCS(=O)(=O)C1. The fourth-order valence-corrected chi connectivity index (χ4v) is 4.66. The van der Waals surface area contributed by atoms with Crippen molar-refractivity contribution in [3.63, 3.8) is 0 Å². The van der Waals surface area contributed by atoms with Gasteiger partial charge < -0.3 is 15.5 Å². The van der Waals surface area contributed by atoms with E-state index in [0.29, 0.717) is 13.0 Å². The largest absolute Gasteiger partial charge is 0.357 e. The second-order valence-electron chi connectivity index (χ2n) is 6.15. The van der Waals surface area contributed by atoms with E-state index in [-0.39, 0.29) is 23.6 Å². The zero-order valence-corrected chi connectivity index (χ0v) is 13.8. The number of nitrogens with one attached hydrogen (secondary N) is 2. The number of hydrogen-bond acceptors (Lipinski definition) is 5. The van der Waals surface area contributed by atoms with Crippen LogP contribution in [0.25, 0.3) is 0 Å². The highest BCUT2D eigenvalue weighted by Crippen LogP contribution is 2.17. The van der Waals surface area contributed by atoms with Crippen molar-refractivity contribution >= 4 is 21.7 Å². The summed E-state index contributed by atoms with van der Waals surface area (Å²) in [7, 11) is -2.98. The van der Waals surface area contributed by atoms with Crippen molar-refractivity contribution in [2.45, 2.75) is 31.8 Å². The maximum absolute atomic E-state index is 11.8. The molecule has 2 N–H and O–H groups in total. The maximum Gasteiger partial charge on any atom is 0.315 e. The Labute approximate surface area is 136 Å². The number of rotatable bonds is 4. The van der Waals surface area contributed by atoms with E-state index in [1.54, 1.807) is 6.20 Å². The molecule has 0 radical (unpaired) electrons. The van der Waals surface area contributed by atoms with Gasteiger partial charge in [-0.3, -0.25) is 0 Å². The average molecular weight is 338 g/mol. The van der Waals surface area contributed by atoms with Crippen molar-refractivity contribution in [1.29, 1.82) is 0 Å². The highest BCUT2D eigenvalue weighted by molar-refractivity contribution is 7.91. The number of amides is 2. The summed E-state index contributed by atoms with van der Waals surface area (Å²) in [5.74, 6) is 1.17. The van der Waals surface area contributed by atoms with E-state index < -0.39 is 9.84 Å². The first-order valence-corrected chi connectivity index (χ1v) is 9.79. The van der Waals surface area contributed by atoms with Gasteiger partial charge in [0.05, 0.1) is 11.5 Å². The summed E-state index contributed by atoms with van der Waals surface area (Å²) in [6, 6.07) is 3.32. The van der Waals surface area contributed by atoms with E-state index in [9.17, 15) is 13.2 Å². The van der Waals surface area contributed by atoms with Gasteiger partial charge in [-0.05, 0) is 30.9 Å². The number of carbonyl (C=O) groups is 1. The van der Waals surface area contributed by atoms with E-state index in [1.807, 2.05) is 12.1 Å². The summed E-state index contributed by atoms with van der Waals surface area (Å²) in [5, 5.41) is 5.45. The number of urea groups is 1. The van der Waals surface area contributed by atoms with Crippen LogP contribution in [-0.4, -0.2) is 50.1 Å². The molecule has 1 aromatic rings. The number of anilines is 1. The molecule has 2 aliphatic rings. The van der Waals surface area contributed by atoms with Gasteiger partial charge in [-0.25, -0.2) is 18.2 Å². The van der Waals surface area contributed by atoms with E-state index in [2.05, 4.69) is 20.5 Å². The quantitative estimate of drug-likeness (QED) is 0.842. The lowest BCUT2D eigenvalue weighted by molar-refractivity contribution is 0.237. The van der Waals surface area contributed by atoms with Gasteiger partial charge in [-0.15, -0.1) is 0 Å². The Balaban J connectivity index is 1.45. The molecule has 23 heavy (non-hydrogen) atoms. The van der Waals surface area contributed by atoms with Crippen LogP contribution in [0, 0.1) is 0 Å². The molecule has 7 nitrogen and oxygen atoms in total. The zero-order valence-electron chi connectivity index (χ0n) is 13.0. The molecule has 0 saturated carbocycles. The molecule has 8 heteroatoms. The van der Waals surface area contributed by atoms with Crippen LogP contribution >= 0.6 is 0 Å². The van der Waals surface area contributed by atoms with Crippen LogP contribution in [0.3, 0.4) is 0 Å². The number of hydrogen-bond donors (Lipinski definition) is 2. The predicted octanol–water partition coefficient (Wildman–Crippen LogP) is 0.668. The van der Waals surface area contributed by atoms with Gasteiger partial charge in [-0.2, -0.15) is 0 Å². The van der Waals surface area contributed by atoms with Crippen LogP contribution < -0.4 is 15.5 Å². The summed E-state index contributed by atoms with van der Waals surface area (Å²) in [4.78, 5) is 18.5. The number of carbonyl (C=O) groups excluding carboxylic acids is 1. The Hall–Kier alpha value is -1.83. The van der Waals surface area contributed by atoms with Gasteiger partial charge in [0.25, 0.3) is 0 Å². The molecule has 0 aromatic carbocycles. The lowest BCUT2D eigenvalue weighted by Crippen LogP contribution is -2.42. The molecule has 1 aromatic heterocycles. The molecule has 3 rings (SSSR count). The van der Waals surface area contributed by atoms with Crippen molar-refractivity contribution in [2.24, 2.45) is 0 Å². The summed E-state index contributed by atoms with van der Waals surface area (Å²) in [6.45, 7) is 2.48. The molecule has 1 atom stereocenters. The maximum atomic E-state index is 11.8. The Morgan fingerprint density at radius 1 is 1.30 bits per heavy atom. The highest BCUT2D eigenvalue weighted by atomic mass is 32.2. The minimum atomic E-state index is -2.98. The zero-order chi connectivity index (χ0) is 16.3. The molecule has 126 valence electrons. The van der Waals surface area contributed by atoms with Crippen LogP contribution in [0.15, 0.2) is 18.3 Å². The smallest absolute Gasteiger partial charge is 0.315 e. The lowest BCUT2D eigenvalue weighted by Gasteiger charge is -2.16. The number of sulfone groups is 1. The first kappa shape index (κ1) is 16.0. The fourth-order valence-electron chi connectivity index (χ4n) is 2.98. The Morgan fingerprint density at radius 3 is 2.70 bits per heavy atom. The van der Waals surface area contributed by atoms with E-state index in [4.69, 9.17) is 0 Å². The molecule has 3 heterocycles. The third-order valence-corrected chi connectivity index (χ3v) is 6.03. The number of nitrogens with zero attached hydrogens (tertiary/aromatic N) is 2. The Kier molecular flexibility index (Phi) is 4.70. The van der Waals surface area contributed by atoms with Gasteiger partial charge in [-0.1, -0.05) is 6.07 Å².